The molecule has 2 heterocycles. The summed E-state index contributed by atoms with van der Waals surface area (Å²) in [6.07, 6.45) is -5.14. The van der Waals surface area contributed by atoms with E-state index in [2.05, 4.69) is 41.3 Å². The van der Waals surface area contributed by atoms with Crippen molar-refractivity contribution >= 4 is 55.5 Å². The summed E-state index contributed by atoms with van der Waals surface area (Å²) >= 11 is 8.67. The molecule has 0 spiro atoms. The number of halogens is 6. The molecule has 53 heavy (non-hydrogen) atoms. The van der Waals surface area contributed by atoms with E-state index in [-0.39, 0.29) is 63.7 Å². The van der Waals surface area contributed by atoms with E-state index in [0.29, 0.717) is 4.68 Å². The summed E-state index contributed by atoms with van der Waals surface area (Å²) in [5.74, 6) is -1.92. The maximum absolute atomic E-state index is 14.3. The topological polar surface area (TPSA) is 195 Å². The van der Waals surface area contributed by atoms with E-state index in [1.807, 2.05) is 4.72 Å². The van der Waals surface area contributed by atoms with Gasteiger partial charge in [0.25, 0.3) is 10.0 Å². The Morgan fingerprint density at radius 1 is 1.02 bits per heavy atom. The monoisotopic (exact) mass is 855 g/mol. The largest absolute Gasteiger partial charge is 0.490 e. The molecule has 2 N–H and O–H groups in total. The fraction of sp³-hybridized carbons (Fsp3) is 0.333. The van der Waals surface area contributed by atoms with Gasteiger partial charge in [-0.3, -0.25) is 10.00 Å². The van der Waals surface area contributed by atoms with Crippen LogP contribution in [0.3, 0.4) is 0 Å². The molecule has 16 nitrogen and oxygen atoms in total. The highest BCUT2D eigenvalue weighted by molar-refractivity contribution is 9.10. The molecular formula is C30H31BrClF4N7O9S. The van der Waals surface area contributed by atoms with Crippen LogP contribution < -0.4 is 24.2 Å². The van der Waals surface area contributed by atoms with Gasteiger partial charge in [0.1, 0.15) is 28.8 Å². The Morgan fingerprint density at radius 2 is 1.64 bits per heavy atom. The second-order valence-corrected chi connectivity index (χ2v) is 13.2. The Labute approximate surface area is 313 Å². The number of rotatable bonds is 12. The predicted octanol–water partition coefficient (Wildman–Crippen LogP) is 5.65. The van der Waals surface area contributed by atoms with Gasteiger partial charge in [-0.2, -0.15) is 28.2 Å². The molecular weight excluding hydrogens is 826 g/mol. The lowest BCUT2D eigenvalue weighted by Gasteiger charge is -2.12. The van der Waals surface area contributed by atoms with Gasteiger partial charge < -0.3 is 23.7 Å². The number of methoxy groups -OCH3 is 3. The molecule has 4 aromatic rings. The third-order valence-electron chi connectivity index (χ3n) is 6.23. The number of aromatic nitrogens is 5. The number of hydrogen-bond acceptors (Lipinski definition) is 13. The Morgan fingerprint density at radius 3 is 2.19 bits per heavy atom. The van der Waals surface area contributed by atoms with Crippen LogP contribution in [0.4, 0.5) is 28.3 Å². The molecule has 0 aliphatic heterocycles. The molecule has 0 atom stereocenters. The Balaban J connectivity index is 0.000000287. The summed E-state index contributed by atoms with van der Waals surface area (Å²) in [5, 5.41) is 5.68. The van der Waals surface area contributed by atoms with Crippen molar-refractivity contribution in [2.75, 3.05) is 39.9 Å². The minimum absolute atomic E-state index is 0.0725. The van der Waals surface area contributed by atoms with Crippen LogP contribution in [0.5, 0.6) is 17.8 Å². The number of carbonyl (C=O) groups excluding carboxylic acids is 2. The molecule has 2 amide bonds. The second kappa shape index (κ2) is 18.3. The summed E-state index contributed by atoms with van der Waals surface area (Å²) in [7, 11) is 0.949. The highest BCUT2D eigenvalue weighted by Gasteiger charge is 2.39. The first-order chi connectivity index (χ1) is 24.8. The normalized spacial score (nSPS) is 11.3. The minimum Gasteiger partial charge on any atom is -0.490 e. The van der Waals surface area contributed by atoms with Crippen molar-refractivity contribution in [2.45, 2.75) is 31.0 Å². The summed E-state index contributed by atoms with van der Waals surface area (Å²) in [6, 6.07) is 6.38. The lowest BCUT2D eigenvalue weighted by atomic mass is 10.1. The lowest BCUT2D eigenvalue weighted by molar-refractivity contribution is -0.144. The van der Waals surface area contributed by atoms with Gasteiger partial charge in [0.15, 0.2) is 5.69 Å². The Kier molecular flexibility index (Phi) is 14.7. The predicted molar refractivity (Wildman–Crippen MR) is 183 cm³/mol. The lowest BCUT2D eigenvalue weighted by Crippen LogP contribution is -2.35. The molecule has 0 radical (unpaired) electrons. The number of ether oxygens (including phenoxy) is 5. The van der Waals surface area contributed by atoms with Crippen LogP contribution in [0.2, 0.25) is 5.02 Å². The van der Waals surface area contributed by atoms with E-state index >= 15 is 0 Å². The van der Waals surface area contributed by atoms with Gasteiger partial charge in [-0.15, -0.1) is 4.98 Å². The van der Waals surface area contributed by atoms with Crippen molar-refractivity contribution in [1.29, 1.82) is 0 Å². The zero-order valence-corrected chi connectivity index (χ0v) is 31.7. The molecule has 23 heteroatoms. The van der Waals surface area contributed by atoms with E-state index in [1.54, 1.807) is 19.9 Å². The number of nitrogens with one attached hydrogen (secondary N) is 2. The second-order valence-electron chi connectivity index (χ2n) is 10.4. The molecule has 288 valence electrons. The number of nitrogens with zero attached hydrogens (tertiary/aromatic N) is 5. The standard InChI is InChI=1S/C15H12BrClF4N2O2.C15H19N5O7S/c1-6(2)25-14(24)7-4-8(10(18)5-9(7)17)12-11(16)13(15(19,20)21)23(3)22-12;1-24-8-9-27-10-6-4-5-7-11(10)28(22,23)20-13(21)16-12-17-14(25-2)19-15(18-12)26-3/h4-6H,1-3H3;4-7H,8-9H2,1-3H3,(H2,16,17,18,19,20,21). The van der Waals surface area contributed by atoms with Gasteiger partial charge in [0.2, 0.25) is 5.95 Å². The molecule has 0 bridgehead atoms. The smallest absolute Gasteiger partial charge is 0.434 e. The van der Waals surface area contributed by atoms with Gasteiger partial charge in [-0.05, 0) is 54.0 Å². The molecule has 4 rings (SSSR count). The number of alkyl halides is 3. The fourth-order valence-corrected chi connectivity index (χ4v) is 6.11. The number of sulfonamides is 1. The Hall–Kier alpha value is -4.80. The van der Waals surface area contributed by atoms with E-state index in [1.165, 1.54) is 39.5 Å². The summed E-state index contributed by atoms with van der Waals surface area (Å²) in [5.41, 5.74) is -1.86. The Bertz CT molecular complexity index is 2030. The van der Waals surface area contributed by atoms with Crippen LogP contribution in [0, 0.1) is 5.82 Å². The first-order valence-corrected chi connectivity index (χ1v) is 17.4. The number of urea groups is 1. The van der Waals surface area contributed by atoms with Gasteiger partial charge >= 0.3 is 30.2 Å². The highest BCUT2D eigenvalue weighted by Crippen LogP contribution is 2.41. The van der Waals surface area contributed by atoms with Gasteiger partial charge in [-0.1, -0.05) is 23.7 Å². The van der Waals surface area contributed by atoms with E-state index in [0.717, 1.165) is 19.2 Å². The van der Waals surface area contributed by atoms with Crippen LogP contribution in [-0.4, -0.2) is 85.8 Å². The van der Waals surface area contributed by atoms with Crippen LogP contribution in [0.15, 0.2) is 45.8 Å². The van der Waals surface area contributed by atoms with Crippen molar-refractivity contribution in [3.8, 4) is 29.0 Å². The van der Waals surface area contributed by atoms with Crippen molar-refractivity contribution in [2.24, 2.45) is 7.05 Å². The third-order valence-corrected chi connectivity index (χ3v) is 8.66. The minimum atomic E-state index is -4.69. The van der Waals surface area contributed by atoms with Gasteiger partial charge in [0, 0.05) is 19.7 Å². The summed E-state index contributed by atoms with van der Waals surface area (Å²) in [4.78, 5) is 35.3. The summed E-state index contributed by atoms with van der Waals surface area (Å²) in [6.45, 7) is 3.63. The van der Waals surface area contributed by atoms with Gasteiger partial charge in [0.05, 0.1) is 42.0 Å². The molecule has 0 saturated heterocycles. The molecule has 2 aromatic heterocycles. The van der Waals surface area contributed by atoms with Crippen molar-refractivity contribution in [3.05, 3.63) is 63.0 Å². The first-order valence-electron chi connectivity index (χ1n) is 14.7. The third kappa shape index (κ3) is 11.3. The summed E-state index contributed by atoms with van der Waals surface area (Å²) < 4.78 is 106. The number of benzene rings is 2. The number of aryl methyl sites for hydroxylation is 1. The number of carbonyl (C=O) groups is 2. The molecule has 0 aliphatic rings. The average Bonchev–Trinajstić information content (AvgIpc) is 3.37. The zero-order valence-electron chi connectivity index (χ0n) is 28.5. The maximum Gasteiger partial charge on any atom is 0.434 e. The quantitative estimate of drug-likeness (QED) is 0.101. The SMILES string of the molecule is CC(C)OC(=O)c1cc(-c2nn(C)c(C(F)(F)F)c2Br)c(F)cc1Cl.COCCOc1ccccc1S(=O)(=O)NC(=O)Nc1nc(OC)nc(OC)n1. The van der Waals surface area contributed by atoms with Crippen molar-refractivity contribution in [3.63, 3.8) is 0 Å². The highest BCUT2D eigenvalue weighted by atomic mass is 79.9. The van der Waals surface area contributed by atoms with E-state index in [4.69, 9.17) is 35.3 Å². The molecule has 0 fully saturated rings. The number of hydrogen-bond donors (Lipinski definition) is 2. The van der Waals surface area contributed by atoms with Crippen LogP contribution in [-0.2, 0) is 32.7 Å². The first kappa shape index (κ1) is 42.6. The number of esters is 1. The van der Waals surface area contributed by atoms with E-state index < -0.39 is 50.3 Å². The maximum atomic E-state index is 14.3. The van der Waals surface area contributed by atoms with E-state index in [9.17, 15) is 35.6 Å². The van der Waals surface area contributed by atoms with Crippen molar-refractivity contribution < 1.29 is 59.3 Å². The fourth-order valence-electron chi connectivity index (χ4n) is 4.05. The zero-order chi connectivity index (χ0) is 39.7. The molecule has 0 unspecified atom stereocenters. The number of amides is 2. The molecule has 0 aliphatic carbocycles. The van der Waals surface area contributed by atoms with Crippen LogP contribution >= 0.6 is 27.5 Å². The number of anilines is 1. The van der Waals surface area contributed by atoms with Crippen LogP contribution in [0.1, 0.15) is 29.9 Å². The molecule has 0 saturated carbocycles. The van der Waals surface area contributed by atoms with Crippen molar-refractivity contribution in [1.82, 2.24) is 29.5 Å². The molecule has 2 aromatic carbocycles. The van der Waals surface area contributed by atoms with Crippen LogP contribution in [0.25, 0.3) is 11.3 Å². The average molecular weight is 857 g/mol. The van der Waals surface area contributed by atoms with Gasteiger partial charge in [-0.25, -0.2) is 27.1 Å². The number of para-hydroxylation sites is 1.